The lowest BCUT2D eigenvalue weighted by Crippen LogP contribution is -2.15. The van der Waals surface area contributed by atoms with Crippen LogP contribution in [0.15, 0.2) is 36.5 Å². The zero-order valence-electron chi connectivity index (χ0n) is 13.3. The second kappa shape index (κ2) is 6.50. The molecule has 3 rings (SSSR count). The number of benzene rings is 2. The summed E-state index contributed by atoms with van der Waals surface area (Å²) in [6.45, 7) is 0. The van der Waals surface area contributed by atoms with Crippen LogP contribution in [0.3, 0.4) is 0 Å². The highest BCUT2D eigenvalue weighted by molar-refractivity contribution is 6.44. The van der Waals surface area contributed by atoms with Crippen LogP contribution in [-0.4, -0.2) is 30.2 Å². The van der Waals surface area contributed by atoms with Gasteiger partial charge in [-0.3, -0.25) is 4.98 Å². The van der Waals surface area contributed by atoms with Crippen LogP contribution in [0.1, 0.15) is 10.4 Å². The van der Waals surface area contributed by atoms with Gasteiger partial charge >= 0.3 is 5.97 Å². The van der Waals surface area contributed by atoms with Crippen molar-refractivity contribution in [1.29, 1.82) is 0 Å². The Kier molecular flexibility index (Phi) is 4.54. The minimum atomic E-state index is -1.11. The molecule has 0 aliphatic rings. The van der Waals surface area contributed by atoms with E-state index in [9.17, 15) is 14.3 Å². The Bertz CT molecular complexity index is 1010. The van der Waals surface area contributed by atoms with Crippen LogP contribution in [0.4, 0.5) is 10.1 Å². The Hall–Kier alpha value is -2.37. The number of halogens is 3. The molecule has 0 bridgehead atoms. The van der Waals surface area contributed by atoms with Gasteiger partial charge in [0, 0.05) is 36.8 Å². The molecule has 0 spiro atoms. The highest BCUT2D eigenvalue weighted by atomic mass is 35.5. The lowest BCUT2D eigenvalue weighted by molar-refractivity contribution is 0.0697. The van der Waals surface area contributed by atoms with Crippen molar-refractivity contribution in [2.24, 2.45) is 0 Å². The van der Waals surface area contributed by atoms with Crippen LogP contribution in [-0.2, 0) is 0 Å². The summed E-state index contributed by atoms with van der Waals surface area (Å²) in [4.78, 5) is 17.4. The smallest absolute Gasteiger partial charge is 0.339 e. The molecule has 0 radical (unpaired) electrons. The second-order valence-corrected chi connectivity index (χ2v) is 6.43. The second-order valence-electron chi connectivity index (χ2n) is 5.64. The molecule has 0 atom stereocenters. The van der Waals surface area contributed by atoms with Gasteiger partial charge in [-0.05, 0) is 18.2 Å². The van der Waals surface area contributed by atoms with Crippen molar-refractivity contribution in [3.8, 4) is 11.1 Å². The molecule has 7 heteroatoms. The Morgan fingerprint density at radius 3 is 2.56 bits per heavy atom. The van der Waals surface area contributed by atoms with Gasteiger partial charge in [0.1, 0.15) is 11.4 Å². The van der Waals surface area contributed by atoms with Gasteiger partial charge in [-0.2, -0.15) is 0 Å². The van der Waals surface area contributed by atoms with E-state index in [1.54, 1.807) is 37.2 Å². The van der Waals surface area contributed by atoms with Crippen molar-refractivity contribution in [3.63, 3.8) is 0 Å². The van der Waals surface area contributed by atoms with E-state index in [1.807, 2.05) is 0 Å². The maximum absolute atomic E-state index is 14.6. The summed E-state index contributed by atoms with van der Waals surface area (Å²) in [5.74, 6) is -1.62. The predicted octanol–water partition coefficient (Wildman–Crippen LogP) is 5.11. The van der Waals surface area contributed by atoms with Gasteiger partial charge in [0.25, 0.3) is 0 Å². The molecular weight excluding hydrogens is 366 g/mol. The van der Waals surface area contributed by atoms with E-state index in [0.717, 1.165) is 0 Å². The molecule has 1 heterocycles. The van der Waals surface area contributed by atoms with Crippen LogP contribution >= 0.6 is 23.2 Å². The maximum atomic E-state index is 14.6. The zero-order valence-corrected chi connectivity index (χ0v) is 14.9. The van der Waals surface area contributed by atoms with E-state index in [0.29, 0.717) is 27.2 Å². The predicted molar refractivity (Wildman–Crippen MR) is 98.4 cm³/mol. The normalized spacial score (nSPS) is 10.9. The quantitative estimate of drug-likeness (QED) is 0.687. The lowest BCUT2D eigenvalue weighted by Gasteiger charge is -2.19. The maximum Gasteiger partial charge on any atom is 0.339 e. The van der Waals surface area contributed by atoms with Crippen molar-refractivity contribution in [1.82, 2.24) is 4.98 Å². The van der Waals surface area contributed by atoms with E-state index in [-0.39, 0.29) is 16.1 Å². The standard InChI is InChI=1S/C18H13Cl2FN2O2/c1-23(2)17-10-6-7-13(21)14(9-4-3-5-12(19)15(9)20)16(10)22-8-11(17)18(24)25/h3-8H,1-2H3,(H,24,25). The first kappa shape index (κ1) is 17.5. The SMILES string of the molecule is CN(C)c1c(C(=O)O)cnc2c(-c3cccc(Cl)c3Cl)c(F)ccc12. The third kappa shape index (κ3) is 2.90. The summed E-state index contributed by atoms with van der Waals surface area (Å²) in [7, 11) is 3.44. The highest BCUT2D eigenvalue weighted by Gasteiger charge is 2.21. The first-order chi connectivity index (χ1) is 11.8. The molecule has 2 aromatic carbocycles. The Labute approximate surface area is 153 Å². The molecule has 0 unspecified atom stereocenters. The summed E-state index contributed by atoms with van der Waals surface area (Å²) >= 11 is 12.3. The molecule has 25 heavy (non-hydrogen) atoms. The third-order valence-electron chi connectivity index (χ3n) is 3.86. The number of aromatic nitrogens is 1. The summed E-state index contributed by atoms with van der Waals surface area (Å²) in [5, 5.41) is 10.4. The zero-order chi connectivity index (χ0) is 18.3. The Balaban J connectivity index is 2.46. The van der Waals surface area contributed by atoms with Gasteiger partial charge in [0.2, 0.25) is 0 Å². The van der Waals surface area contributed by atoms with Gasteiger partial charge < -0.3 is 10.0 Å². The number of rotatable bonds is 3. The molecule has 1 aromatic heterocycles. The number of carboxylic acids is 1. The van der Waals surface area contributed by atoms with Crippen LogP contribution < -0.4 is 4.90 Å². The summed E-state index contributed by atoms with van der Waals surface area (Å²) in [6.07, 6.45) is 1.22. The van der Waals surface area contributed by atoms with Gasteiger partial charge in [-0.15, -0.1) is 0 Å². The lowest BCUT2D eigenvalue weighted by atomic mass is 9.99. The van der Waals surface area contributed by atoms with Crippen molar-refractivity contribution in [2.45, 2.75) is 0 Å². The van der Waals surface area contributed by atoms with E-state index >= 15 is 0 Å². The fourth-order valence-electron chi connectivity index (χ4n) is 2.82. The number of anilines is 1. The van der Waals surface area contributed by atoms with Crippen LogP contribution in [0.5, 0.6) is 0 Å². The molecule has 0 amide bonds. The molecule has 0 saturated heterocycles. The Morgan fingerprint density at radius 2 is 1.92 bits per heavy atom. The topological polar surface area (TPSA) is 53.4 Å². The number of nitrogens with zero attached hydrogens (tertiary/aromatic N) is 2. The average molecular weight is 379 g/mol. The number of hydrogen-bond donors (Lipinski definition) is 1. The fourth-order valence-corrected chi connectivity index (χ4v) is 3.21. The molecule has 128 valence electrons. The molecule has 3 aromatic rings. The van der Waals surface area contributed by atoms with E-state index in [2.05, 4.69) is 4.98 Å². The van der Waals surface area contributed by atoms with Gasteiger partial charge in [0.05, 0.1) is 21.2 Å². The van der Waals surface area contributed by atoms with Crippen molar-refractivity contribution < 1.29 is 14.3 Å². The van der Waals surface area contributed by atoms with Gasteiger partial charge in [-0.1, -0.05) is 35.3 Å². The van der Waals surface area contributed by atoms with Crippen LogP contribution in [0, 0.1) is 5.82 Å². The molecule has 0 fully saturated rings. The van der Waals surface area contributed by atoms with Gasteiger partial charge in [0.15, 0.2) is 0 Å². The Morgan fingerprint density at radius 1 is 1.20 bits per heavy atom. The molecule has 0 saturated carbocycles. The average Bonchev–Trinajstić information content (AvgIpc) is 2.56. The number of aromatic carboxylic acids is 1. The molecular formula is C18H13Cl2FN2O2. The molecule has 0 aliphatic carbocycles. The largest absolute Gasteiger partial charge is 0.478 e. The number of carbonyl (C=O) groups is 1. The van der Waals surface area contributed by atoms with Crippen LogP contribution in [0.25, 0.3) is 22.0 Å². The fraction of sp³-hybridized carbons (Fsp3) is 0.111. The number of pyridine rings is 1. The number of fused-ring (bicyclic) bond motifs is 1. The van der Waals surface area contributed by atoms with Crippen molar-refractivity contribution in [3.05, 3.63) is 58.0 Å². The first-order valence-electron chi connectivity index (χ1n) is 7.29. The number of hydrogen-bond acceptors (Lipinski definition) is 3. The van der Waals surface area contributed by atoms with E-state index < -0.39 is 11.8 Å². The summed E-state index contributed by atoms with van der Waals surface area (Å²) in [5.41, 5.74) is 1.38. The summed E-state index contributed by atoms with van der Waals surface area (Å²) < 4.78 is 14.6. The highest BCUT2D eigenvalue weighted by Crippen LogP contribution is 2.40. The monoisotopic (exact) mass is 378 g/mol. The van der Waals surface area contributed by atoms with Crippen molar-refractivity contribution in [2.75, 3.05) is 19.0 Å². The summed E-state index contributed by atoms with van der Waals surface area (Å²) in [6, 6.07) is 7.71. The molecule has 1 N–H and O–H groups in total. The van der Waals surface area contributed by atoms with Crippen LogP contribution in [0.2, 0.25) is 10.0 Å². The third-order valence-corrected chi connectivity index (χ3v) is 4.68. The minimum absolute atomic E-state index is 0.0345. The van der Waals surface area contributed by atoms with Crippen molar-refractivity contribution >= 4 is 45.8 Å². The first-order valence-corrected chi connectivity index (χ1v) is 8.04. The number of carboxylic acid groups (broad SMARTS) is 1. The van der Waals surface area contributed by atoms with Gasteiger partial charge in [-0.25, -0.2) is 9.18 Å². The minimum Gasteiger partial charge on any atom is -0.478 e. The van der Waals surface area contributed by atoms with E-state index in [4.69, 9.17) is 23.2 Å². The molecule has 0 aliphatic heterocycles. The molecule has 4 nitrogen and oxygen atoms in total. The van der Waals surface area contributed by atoms with E-state index in [1.165, 1.54) is 18.3 Å².